The van der Waals surface area contributed by atoms with Crippen LogP contribution < -0.4 is 10.5 Å². The summed E-state index contributed by atoms with van der Waals surface area (Å²) in [6.07, 6.45) is 2.12. The third-order valence-corrected chi connectivity index (χ3v) is 2.79. The van der Waals surface area contributed by atoms with E-state index in [-0.39, 0.29) is 0 Å². The quantitative estimate of drug-likeness (QED) is 0.825. The van der Waals surface area contributed by atoms with Crippen LogP contribution in [0.3, 0.4) is 0 Å². The van der Waals surface area contributed by atoms with Gasteiger partial charge in [-0.15, -0.1) is 0 Å². The Hall–Kier alpha value is -2.14. The van der Waals surface area contributed by atoms with E-state index in [2.05, 4.69) is 9.72 Å². The van der Waals surface area contributed by atoms with Gasteiger partial charge in [-0.2, -0.15) is 0 Å². The Kier molecular flexibility index (Phi) is 4.30. The largest absolute Gasteiger partial charge is 0.491 e. The number of rotatable bonds is 5. The highest BCUT2D eigenvalue weighted by atomic mass is 16.5. The summed E-state index contributed by atoms with van der Waals surface area (Å²) in [7, 11) is 1.32. The number of benzene rings is 1. The molecule has 2 N–H and O–H groups in total. The second kappa shape index (κ2) is 6.15. The number of pyridine rings is 1. The molecule has 2 rings (SSSR count). The molecule has 5 nitrogen and oxygen atoms in total. The molecule has 0 bridgehead atoms. The number of hydrogen-bond acceptors (Lipinski definition) is 5. The van der Waals surface area contributed by atoms with Crippen LogP contribution in [0, 0.1) is 0 Å². The molecule has 1 atom stereocenters. The summed E-state index contributed by atoms with van der Waals surface area (Å²) < 4.78 is 10.2. The molecule has 5 heteroatoms. The van der Waals surface area contributed by atoms with E-state index >= 15 is 0 Å². The monoisotopic (exact) mass is 260 g/mol. The molecule has 0 aliphatic heterocycles. The van der Waals surface area contributed by atoms with Crippen LogP contribution >= 0.6 is 0 Å². The highest BCUT2D eigenvalue weighted by Crippen LogP contribution is 2.22. The van der Waals surface area contributed by atoms with Crippen molar-refractivity contribution in [1.29, 1.82) is 0 Å². The summed E-state index contributed by atoms with van der Waals surface area (Å²) in [5, 5.41) is 1.01. The number of ether oxygens (including phenoxy) is 2. The molecule has 19 heavy (non-hydrogen) atoms. The lowest BCUT2D eigenvalue weighted by atomic mass is 10.2. The van der Waals surface area contributed by atoms with Crippen molar-refractivity contribution >= 4 is 16.9 Å². The number of hydrogen-bond donors (Lipinski definition) is 1. The maximum atomic E-state index is 11.2. The zero-order valence-electron chi connectivity index (χ0n) is 10.7. The molecule has 0 radical (unpaired) electrons. The van der Waals surface area contributed by atoms with Gasteiger partial charge >= 0.3 is 5.97 Å². The Morgan fingerprint density at radius 3 is 2.95 bits per heavy atom. The minimum atomic E-state index is -0.659. The third-order valence-electron chi connectivity index (χ3n) is 2.79. The van der Waals surface area contributed by atoms with Crippen LogP contribution in [0.25, 0.3) is 10.9 Å². The lowest BCUT2D eigenvalue weighted by Gasteiger charge is -2.11. The van der Waals surface area contributed by atoms with Crippen molar-refractivity contribution in [1.82, 2.24) is 4.98 Å². The average molecular weight is 260 g/mol. The van der Waals surface area contributed by atoms with Crippen LogP contribution in [0.5, 0.6) is 5.75 Å². The van der Waals surface area contributed by atoms with Crippen LogP contribution in [0.4, 0.5) is 0 Å². The Morgan fingerprint density at radius 1 is 1.37 bits per heavy atom. The number of nitrogens with zero attached hydrogens (tertiary/aromatic N) is 1. The van der Waals surface area contributed by atoms with Crippen molar-refractivity contribution < 1.29 is 14.3 Å². The van der Waals surface area contributed by atoms with E-state index in [1.807, 2.05) is 30.3 Å². The van der Waals surface area contributed by atoms with Crippen molar-refractivity contribution in [2.45, 2.75) is 12.5 Å². The van der Waals surface area contributed by atoms with Gasteiger partial charge in [0.05, 0.1) is 13.7 Å². The van der Waals surface area contributed by atoms with Crippen LogP contribution in [-0.4, -0.2) is 30.7 Å². The normalized spacial score (nSPS) is 12.1. The zero-order valence-corrected chi connectivity index (χ0v) is 10.7. The summed E-state index contributed by atoms with van der Waals surface area (Å²) >= 11 is 0. The van der Waals surface area contributed by atoms with E-state index < -0.39 is 12.0 Å². The number of methoxy groups -OCH3 is 1. The number of aromatic nitrogens is 1. The molecule has 0 spiro atoms. The molecule has 100 valence electrons. The molecule has 1 unspecified atom stereocenters. The number of esters is 1. The Labute approximate surface area is 111 Å². The minimum absolute atomic E-state index is 0.339. The first-order valence-electron chi connectivity index (χ1n) is 6.02. The van der Waals surface area contributed by atoms with Crippen LogP contribution in [0.2, 0.25) is 0 Å². The second-order valence-corrected chi connectivity index (χ2v) is 4.10. The zero-order chi connectivity index (χ0) is 13.7. The fourth-order valence-electron chi connectivity index (χ4n) is 1.76. The molecule has 0 aliphatic carbocycles. The maximum Gasteiger partial charge on any atom is 0.322 e. The van der Waals surface area contributed by atoms with E-state index in [4.69, 9.17) is 10.5 Å². The number of carbonyl (C=O) groups is 1. The van der Waals surface area contributed by atoms with Gasteiger partial charge in [0.2, 0.25) is 0 Å². The molecule has 1 aromatic heterocycles. The number of fused-ring (bicyclic) bond motifs is 1. The summed E-state index contributed by atoms with van der Waals surface area (Å²) in [4.78, 5) is 15.4. The van der Waals surface area contributed by atoms with E-state index in [0.717, 1.165) is 10.9 Å². The van der Waals surface area contributed by atoms with Crippen LogP contribution in [0.1, 0.15) is 6.42 Å². The lowest BCUT2D eigenvalue weighted by Crippen LogP contribution is -2.33. The number of nitrogens with two attached hydrogens (primary N) is 1. The smallest absolute Gasteiger partial charge is 0.322 e. The molecule has 0 fully saturated rings. The fourth-order valence-corrected chi connectivity index (χ4v) is 1.76. The van der Waals surface area contributed by atoms with E-state index in [0.29, 0.717) is 18.8 Å². The summed E-state index contributed by atoms with van der Waals surface area (Å²) in [6.45, 7) is 0.339. The van der Waals surface area contributed by atoms with Crippen LogP contribution in [-0.2, 0) is 9.53 Å². The Morgan fingerprint density at radius 2 is 2.16 bits per heavy atom. The van der Waals surface area contributed by atoms with Crippen molar-refractivity contribution in [3.63, 3.8) is 0 Å². The van der Waals surface area contributed by atoms with Gasteiger partial charge in [0.15, 0.2) is 0 Å². The van der Waals surface area contributed by atoms with Gasteiger partial charge < -0.3 is 15.2 Å². The van der Waals surface area contributed by atoms with E-state index in [9.17, 15) is 4.79 Å². The molecule has 0 saturated carbocycles. The summed E-state index contributed by atoms with van der Waals surface area (Å²) in [5.74, 6) is 0.259. The fraction of sp³-hybridized carbons (Fsp3) is 0.286. The van der Waals surface area contributed by atoms with Crippen molar-refractivity contribution in [2.75, 3.05) is 13.7 Å². The maximum absolute atomic E-state index is 11.2. The van der Waals surface area contributed by atoms with Gasteiger partial charge in [-0.05, 0) is 12.1 Å². The molecule has 0 aliphatic rings. The highest BCUT2D eigenvalue weighted by molar-refractivity contribution is 5.84. The highest BCUT2D eigenvalue weighted by Gasteiger charge is 2.13. The van der Waals surface area contributed by atoms with Crippen molar-refractivity contribution in [3.05, 3.63) is 36.5 Å². The van der Waals surface area contributed by atoms with Gasteiger partial charge in [0, 0.05) is 18.0 Å². The first-order chi connectivity index (χ1) is 9.22. The SMILES string of the molecule is COC(=O)C(N)CCOc1cccc2cccnc12. The average Bonchev–Trinajstić information content (AvgIpc) is 2.46. The molecular formula is C14H16N2O3. The molecule has 0 amide bonds. The number of para-hydroxylation sites is 1. The molecule has 0 saturated heterocycles. The third kappa shape index (κ3) is 3.20. The van der Waals surface area contributed by atoms with E-state index in [1.165, 1.54) is 7.11 Å². The van der Waals surface area contributed by atoms with Gasteiger partial charge in [-0.25, -0.2) is 0 Å². The first-order valence-corrected chi connectivity index (χ1v) is 6.02. The molecule has 2 aromatic rings. The number of carbonyl (C=O) groups excluding carboxylic acids is 1. The van der Waals surface area contributed by atoms with Crippen LogP contribution in [0.15, 0.2) is 36.5 Å². The first kappa shape index (κ1) is 13.3. The van der Waals surface area contributed by atoms with Gasteiger partial charge in [0.25, 0.3) is 0 Å². The summed E-state index contributed by atoms with van der Waals surface area (Å²) in [5.41, 5.74) is 6.44. The predicted molar refractivity (Wildman–Crippen MR) is 71.8 cm³/mol. The summed E-state index contributed by atoms with van der Waals surface area (Å²) in [6, 6.07) is 8.90. The Bertz CT molecular complexity index is 566. The second-order valence-electron chi connectivity index (χ2n) is 4.10. The lowest BCUT2D eigenvalue weighted by molar-refractivity contribution is -0.142. The topological polar surface area (TPSA) is 74.4 Å². The molecule has 1 heterocycles. The van der Waals surface area contributed by atoms with E-state index in [1.54, 1.807) is 6.20 Å². The minimum Gasteiger partial charge on any atom is -0.491 e. The Balaban J connectivity index is 2.00. The molecular weight excluding hydrogens is 244 g/mol. The van der Waals surface area contributed by atoms with Crippen molar-refractivity contribution in [2.24, 2.45) is 5.73 Å². The van der Waals surface area contributed by atoms with Crippen molar-refractivity contribution in [3.8, 4) is 5.75 Å². The predicted octanol–water partition coefficient (Wildman–Crippen LogP) is 1.50. The van der Waals surface area contributed by atoms with Gasteiger partial charge in [0.1, 0.15) is 17.3 Å². The van der Waals surface area contributed by atoms with Gasteiger partial charge in [-0.1, -0.05) is 18.2 Å². The standard InChI is InChI=1S/C14H16N2O3/c1-18-14(17)11(15)7-9-19-12-6-2-4-10-5-3-8-16-13(10)12/h2-6,8,11H,7,9,15H2,1H3. The van der Waals surface area contributed by atoms with Gasteiger partial charge in [-0.3, -0.25) is 9.78 Å². The molecule has 1 aromatic carbocycles.